The molecule has 1 saturated heterocycles. The van der Waals surface area contributed by atoms with Gasteiger partial charge in [0.15, 0.2) is 0 Å². The van der Waals surface area contributed by atoms with E-state index in [4.69, 9.17) is 21.4 Å². The van der Waals surface area contributed by atoms with E-state index in [-0.39, 0.29) is 12.6 Å². The molecule has 1 aliphatic rings. The lowest BCUT2D eigenvalue weighted by atomic mass is 10.4. The van der Waals surface area contributed by atoms with E-state index in [2.05, 4.69) is 20.2 Å². The van der Waals surface area contributed by atoms with Gasteiger partial charge in [-0.2, -0.15) is 4.98 Å². The summed E-state index contributed by atoms with van der Waals surface area (Å²) in [5.74, 6) is 1.22. The van der Waals surface area contributed by atoms with E-state index >= 15 is 0 Å². The second kappa shape index (κ2) is 6.17. The summed E-state index contributed by atoms with van der Waals surface area (Å²) in [4.78, 5) is 10.6. The first kappa shape index (κ1) is 13.3. The smallest absolute Gasteiger partial charge is 0.226 e. The number of aromatic nitrogens is 2. The molecule has 2 rings (SSSR count). The van der Waals surface area contributed by atoms with Crippen molar-refractivity contribution >= 4 is 23.4 Å². The fourth-order valence-corrected chi connectivity index (χ4v) is 1.87. The molecule has 100 valence electrons. The van der Waals surface area contributed by atoms with E-state index in [0.29, 0.717) is 24.3 Å². The normalized spacial score (nSPS) is 17.6. The number of hydrogen-bond acceptors (Lipinski definition) is 6. The SMILES string of the molecule is C[C@H](CO)Nc1nc(Cl)cc(N2CCOCC2)n1. The third-order valence-corrected chi connectivity index (χ3v) is 2.86. The van der Waals surface area contributed by atoms with Gasteiger partial charge in [0.2, 0.25) is 5.95 Å². The van der Waals surface area contributed by atoms with Gasteiger partial charge in [0, 0.05) is 25.2 Å². The van der Waals surface area contributed by atoms with E-state index in [0.717, 1.165) is 18.9 Å². The summed E-state index contributed by atoms with van der Waals surface area (Å²) < 4.78 is 5.30. The van der Waals surface area contributed by atoms with Crippen molar-refractivity contribution in [1.29, 1.82) is 0 Å². The van der Waals surface area contributed by atoms with E-state index in [1.165, 1.54) is 0 Å². The van der Waals surface area contributed by atoms with Crippen molar-refractivity contribution in [1.82, 2.24) is 9.97 Å². The number of ether oxygens (including phenoxy) is 1. The molecule has 1 atom stereocenters. The first-order valence-electron chi connectivity index (χ1n) is 5.93. The van der Waals surface area contributed by atoms with Crippen molar-refractivity contribution in [3.05, 3.63) is 11.2 Å². The number of aliphatic hydroxyl groups is 1. The monoisotopic (exact) mass is 272 g/mol. The van der Waals surface area contributed by atoms with Crippen LogP contribution in [0.3, 0.4) is 0 Å². The van der Waals surface area contributed by atoms with E-state index in [9.17, 15) is 0 Å². The molecular formula is C11H17ClN4O2. The summed E-state index contributed by atoms with van der Waals surface area (Å²) in [6, 6.07) is 1.63. The van der Waals surface area contributed by atoms with Crippen molar-refractivity contribution in [2.24, 2.45) is 0 Å². The number of halogens is 1. The summed E-state index contributed by atoms with van der Waals surface area (Å²) in [6.45, 7) is 4.83. The first-order valence-corrected chi connectivity index (χ1v) is 6.31. The molecule has 1 aromatic rings. The largest absolute Gasteiger partial charge is 0.394 e. The van der Waals surface area contributed by atoms with Gasteiger partial charge in [0.25, 0.3) is 0 Å². The lowest BCUT2D eigenvalue weighted by molar-refractivity contribution is 0.122. The molecule has 1 aliphatic heterocycles. The Morgan fingerprint density at radius 1 is 1.50 bits per heavy atom. The van der Waals surface area contributed by atoms with Gasteiger partial charge in [-0.15, -0.1) is 0 Å². The number of aliphatic hydroxyl groups excluding tert-OH is 1. The standard InChI is InChI=1S/C11H17ClN4O2/c1-8(7-17)13-11-14-9(12)6-10(15-11)16-2-4-18-5-3-16/h6,8,17H,2-5,7H2,1H3,(H,13,14,15)/t8-/m1/s1. The second-order valence-corrected chi connectivity index (χ2v) is 4.59. The zero-order chi connectivity index (χ0) is 13.0. The minimum atomic E-state index is -0.110. The summed E-state index contributed by atoms with van der Waals surface area (Å²) in [5.41, 5.74) is 0. The minimum Gasteiger partial charge on any atom is -0.394 e. The number of rotatable bonds is 4. The van der Waals surface area contributed by atoms with Crippen molar-refractivity contribution < 1.29 is 9.84 Å². The van der Waals surface area contributed by atoms with Crippen LogP contribution < -0.4 is 10.2 Å². The third-order valence-electron chi connectivity index (χ3n) is 2.67. The molecule has 2 heterocycles. The molecule has 0 radical (unpaired) electrons. The molecule has 0 amide bonds. The van der Waals surface area contributed by atoms with E-state index in [1.54, 1.807) is 6.07 Å². The van der Waals surface area contributed by atoms with Gasteiger partial charge in [-0.1, -0.05) is 11.6 Å². The Morgan fingerprint density at radius 2 is 2.22 bits per heavy atom. The van der Waals surface area contributed by atoms with Gasteiger partial charge < -0.3 is 20.1 Å². The number of nitrogens with zero attached hydrogens (tertiary/aromatic N) is 3. The van der Waals surface area contributed by atoms with Crippen LogP contribution in [0.25, 0.3) is 0 Å². The fraction of sp³-hybridized carbons (Fsp3) is 0.636. The molecule has 1 fully saturated rings. The molecule has 6 nitrogen and oxygen atoms in total. The lowest BCUT2D eigenvalue weighted by Crippen LogP contribution is -2.37. The van der Waals surface area contributed by atoms with Crippen molar-refractivity contribution in [3.63, 3.8) is 0 Å². The molecule has 0 bridgehead atoms. The van der Waals surface area contributed by atoms with Crippen LogP contribution in [0.5, 0.6) is 0 Å². The van der Waals surface area contributed by atoms with Crippen LogP contribution in [0.1, 0.15) is 6.92 Å². The summed E-state index contributed by atoms with van der Waals surface area (Å²) >= 11 is 5.98. The predicted octanol–water partition coefficient (Wildman–Crippen LogP) is 0.759. The van der Waals surface area contributed by atoms with E-state index in [1.807, 2.05) is 6.92 Å². The van der Waals surface area contributed by atoms with Crippen LogP contribution in [0.4, 0.5) is 11.8 Å². The molecule has 0 spiro atoms. The molecule has 1 aromatic heterocycles. The molecule has 18 heavy (non-hydrogen) atoms. The molecule has 7 heteroatoms. The number of nitrogens with one attached hydrogen (secondary N) is 1. The summed E-state index contributed by atoms with van der Waals surface area (Å²) in [7, 11) is 0. The van der Waals surface area contributed by atoms with E-state index < -0.39 is 0 Å². The van der Waals surface area contributed by atoms with Crippen LogP contribution in [-0.4, -0.2) is 54.0 Å². The summed E-state index contributed by atoms with van der Waals surface area (Å²) in [5, 5.41) is 12.4. The molecule has 2 N–H and O–H groups in total. The maximum absolute atomic E-state index is 9.01. The minimum absolute atomic E-state index is 0.0166. The lowest BCUT2D eigenvalue weighted by Gasteiger charge is -2.28. The van der Waals surface area contributed by atoms with Crippen LogP contribution in [0.2, 0.25) is 5.15 Å². The van der Waals surface area contributed by atoms with Crippen molar-refractivity contribution in [3.8, 4) is 0 Å². The quantitative estimate of drug-likeness (QED) is 0.789. The van der Waals surface area contributed by atoms with Crippen molar-refractivity contribution in [2.45, 2.75) is 13.0 Å². The molecule has 0 aromatic carbocycles. The second-order valence-electron chi connectivity index (χ2n) is 4.20. The van der Waals surface area contributed by atoms with Crippen LogP contribution in [-0.2, 0) is 4.74 Å². The van der Waals surface area contributed by atoms with Crippen LogP contribution in [0, 0.1) is 0 Å². The van der Waals surface area contributed by atoms with Crippen LogP contribution in [0.15, 0.2) is 6.07 Å². The Morgan fingerprint density at radius 3 is 2.89 bits per heavy atom. The highest BCUT2D eigenvalue weighted by molar-refractivity contribution is 6.29. The highest BCUT2D eigenvalue weighted by atomic mass is 35.5. The Hall–Kier alpha value is -1.11. The van der Waals surface area contributed by atoms with Gasteiger partial charge in [0.05, 0.1) is 19.8 Å². The van der Waals surface area contributed by atoms with Gasteiger partial charge in [-0.05, 0) is 6.92 Å². The Labute approximate surface area is 111 Å². The Bertz CT molecular complexity index is 399. The first-order chi connectivity index (χ1) is 8.69. The number of morpholine rings is 1. The highest BCUT2D eigenvalue weighted by Crippen LogP contribution is 2.19. The maximum atomic E-state index is 9.01. The van der Waals surface area contributed by atoms with Crippen molar-refractivity contribution in [2.75, 3.05) is 43.1 Å². The van der Waals surface area contributed by atoms with Gasteiger partial charge in [-0.3, -0.25) is 0 Å². The zero-order valence-corrected chi connectivity index (χ0v) is 11.0. The molecule has 0 saturated carbocycles. The highest BCUT2D eigenvalue weighted by Gasteiger charge is 2.15. The zero-order valence-electron chi connectivity index (χ0n) is 10.3. The molecular weight excluding hydrogens is 256 g/mol. The summed E-state index contributed by atoms with van der Waals surface area (Å²) in [6.07, 6.45) is 0. The molecule has 0 aliphatic carbocycles. The van der Waals surface area contributed by atoms with Crippen LogP contribution >= 0.6 is 11.6 Å². The Kier molecular flexibility index (Phi) is 4.57. The van der Waals surface area contributed by atoms with Gasteiger partial charge in [-0.25, -0.2) is 4.98 Å². The average molecular weight is 273 g/mol. The predicted molar refractivity (Wildman–Crippen MR) is 70.2 cm³/mol. The maximum Gasteiger partial charge on any atom is 0.226 e. The topological polar surface area (TPSA) is 70.5 Å². The fourth-order valence-electron chi connectivity index (χ4n) is 1.69. The molecule has 0 unspecified atom stereocenters. The number of hydrogen-bond donors (Lipinski definition) is 2. The number of anilines is 2. The van der Waals surface area contributed by atoms with Gasteiger partial charge >= 0.3 is 0 Å². The Balaban J connectivity index is 2.14. The van der Waals surface area contributed by atoms with Gasteiger partial charge in [0.1, 0.15) is 11.0 Å². The third kappa shape index (κ3) is 3.44. The average Bonchev–Trinajstić information content (AvgIpc) is 2.39.